The van der Waals surface area contributed by atoms with Crippen LogP contribution in [0.3, 0.4) is 0 Å². The number of hydrogen-bond donors (Lipinski definition) is 1. The van der Waals surface area contributed by atoms with Crippen molar-refractivity contribution < 1.29 is 19.1 Å². The van der Waals surface area contributed by atoms with Crippen LogP contribution in [0.15, 0.2) is 42.5 Å². The molecule has 0 aliphatic rings. The van der Waals surface area contributed by atoms with E-state index in [0.29, 0.717) is 35.7 Å². The smallest absolute Gasteiger partial charge is 0.254 e. The van der Waals surface area contributed by atoms with E-state index in [1.165, 1.54) is 0 Å². The van der Waals surface area contributed by atoms with Gasteiger partial charge in [0, 0.05) is 24.2 Å². The Labute approximate surface area is 147 Å². The van der Waals surface area contributed by atoms with E-state index in [1.807, 2.05) is 25.1 Å². The number of hydrogen-bond acceptors (Lipinski definition) is 4. The van der Waals surface area contributed by atoms with Crippen molar-refractivity contribution in [3.63, 3.8) is 0 Å². The van der Waals surface area contributed by atoms with Crippen molar-refractivity contribution in [1.82, 2.24) is 4.90 Å². The number of nitrogens with zero attached hydrogens (tertiary/aromatic N) is 1. The van der Waals surface area contributed by atoms with E-state index in [1.54, 1.807) is 43.4 Å². The average Bonchev–Trinajstić information content (AvgIpc) is 2.65. The fourth-order valence-electron chi connectivity index (χ4n) is 2.49. The van der Waals surface area contributed by atoms with Gasteiger partial charge in [-0.05, 0) is 48.9 Å². The molecule has 0 unspecified atom stereocenters. The van der Waals surface area contributed by atoms with Gasteiger partial charge in [-0.1, -0.05) is 6.07 Å². The van der Waals surface area contributed by atoms with Crippen molar-refractivity contribution in [3.8, 4) is 11.5 Å². The van der Waals surface area contributed by atoms with E-state index >= 15 is 0 Å². The van der Waals surface area contributed by atoms with Crippen molar-refractivity contribution in [1.29, 1.82) is 0 Å². The number of benzene rings is 2. The largest absolute Gasteiger partial charge is 0.493 e. The SMILES string of the molecule is CCN(Cc1ccc(OC)c(OC)c1)C(=O)c1ccc(C(N)=O)cc1. The lowest BCUT2D eigenvalue weighted by molar-refractivity contribution is 0.0752. The van der Waals surface area contributed by atoms with E-state index in [2.05, 4.69) is 0 Å². The second kappa shape index (κ2) is 8.19. The summed E-state index contributed by atoms with van der Waals surface area (Å²) in [7, 11) is 3.15. The molecule has 6 nitrogen and oxygen atoms in total. The Hall–Kier alpha value is -3.02. The first kappa shape index (κ1) is 18.3. The molecule has 0 aromatic heterocycles. The molecule has 2 aromatic carbocycles. The first-order chi connectivity index (χ1) is 12.0. The monoisotopic (exact) mass is 342 g/mol. The number of primary amides is 1. The lowest BCUT2D eigenvalue weighted by atomic mass is 10.1. The molecule has 25 heavy (non-hydrogen) atoms. The van der Waals surface area contributed by atoms with Crippen LogP contribution in [0.1, 0.15) is 33.2 Å². The van der Waals surface area contributed by atoms with Crippen LogP contribution in [-0.4, -0.2) is 37.5 Å². The maximum absolute atomic E-state index is 12.7. The van der Waals surface area contributed by atoms with Crippen LogP contribution in [-0.2, 0) is 6.54 Å². The molecular weight excluding hydrogens is 320 g/mol. The molecule has 0 aliphatic carbocycles. The standard InChI is InChI=1S/C19H22N2O4/c1-4-21(12-13-5-10-16(24-2)17(11-13)25-3)19(23)15-8-6-14(7-9-15)18(20)22/h5-11H,4,12H2,1-3H3,(H2,20,22). The highest BCUT2D eigenvalue weighted by molar-refractivity contribution is 5.97. The maximum atomic E-state index is 12.7. The molecule has 0 spiro atoms. The third-order valence-electron chi connectivity index (χ3n) is 3.91. The Balaban J connectivity index is 2.18. The number of amides is 2. The number of rotatable bonds is 7. The normalized spacial score (nSPS) is 10.2. The van der Waals surface area contributed by atoms with Gasteiger partial charge in [-0.3, -0.25) is 9.59 Å². The minimum absolute atomic E-state index is 0.117. The molecule has 2 aromatic rings. The quantitative estimate of drug-likeness (QED) is 0.838. The minimum atomic E-state index is -0.517. The summed E-state index contributed by atoms with van der Waals surface area (Å²) in [5.41, 5.74) is 7.04. The van der Waals surface area contributed by atoms with Crippen LogP contribution in [0.2, 0.25) is 0 Å². The van der Waals surface area contributed by atoms with Crippen LogP contribution >= 0.6 is 0 Å². The molecule has 0 saturated carbocycles. The lowest BCUT2D eigenvalue weighted by Gasteiger charge is -2.22. The Bertz CT molecular complexity index is 757. The van der Waals surface area contributed by atoms with Gasteiger partial charge in [0.05, 0.1) is 14.2 Å². The number of carbonyl (C=O) groups excluding carboxylic acids is 2. The van der Waals surface area contributed by atoms with Crippen molar-refractivity contribution in [2.24, 2.45) is 5.73 Å². The van der Waals surface area contributed by atoms with E-state index < -0.39 is 5.91 Å². The predicted octanol–water partition coefficient (Wildman–Crippen LogP) is 2.47. The molecule has 2 rings (SSSR count). The molecule has 2 N–H and O–H groups in total. The van der Waals surface area contributed by atoms with E-state index in [0.717, 1.165) is 5.56 Å². The van der Waals surface area contributed by atoms with Gasteiger partial charge < -0.3 is 20.1 Å². The highest BCUT2D eigenvalue weighted by Gasteiger charge is 2.16. The Morgan fingerprint density at radius 3 is 2.08 bits per heavy atom. The molecule has 0 heterocycles. The fourth-order valence-corrected chi connectivity index (χ4v) is 2.49. The molecule has 2 amide bonds. The first-order valence-electron chi connectivity index (χ1n) is 7.90. The van der Waals surface area contributed by atoms with Gasteiger partial charge in [-0.15, -0.1) is 0 Å². The molecule has 6 heteroatoms. The summed E-state index contributed by atoms with van der Waals surface area (Å²) in [6.45, 7) is 2.90. The predicted molar refractivity (Wildman–Crippen MR) is 94.9 cm³/mol. The number of nitrogens with two attached hydrogens (primary N) is 1. The van der Waals surface area contributed by atoms with Gasteiger partial charge in [0.2, 0.25) is 5.91 Å². The van der Waals surface area contributed by atoms with Crippen LogP contribution in [0.25, 0.3) is 0 Å². The van der Waals surface area contributed by atoms with Gasteiger partial charge in [-0.2, -0.15) is 0 Å². The van der Waals surface area contributed by atoms with Crippen molar-refractivity contribution in [3.05, 3.63) is 59.2 Å². The molecule has 0 atom stereocenters. The zero-order chi connectivity index (χ0) is 18.4. The van der Waals surface area contributed by atoms with Crippen LogP contribution < -0.4 is 15.2 Å². The number of methoxy groups -OCH3 is 2. The van der Waals surface area contributed by atoms with Crippen LogP contribution in [0.4, 0.5) is 0 Å². The molecular formula is C19H22N2O4. The number of ether oxygens (including phenoxy) is 2. The summed E-state index contributed by atoms with van der Waals surface area (Å²) >= 11 is 0. The molecule has 0 saturated heterocycles. The van der Waals surface area contributed by atoms with E-state index in [4.69, 9.17) is 15.2 Å². The highest BCUT2D eigenvalue weighted by atomic mass is 16.5. The Morgan fingerprint density at radius 2 is 1.56 bits per heavy atom. The van der Waals surface area contributed by atoms with Crippen molar-refractivity contribution >= 4 is 11.8 Å². The molecule has 0 radical (unpaired) electrons. The van der Waals surface area contributed by atoms with Gasteiger partial charge in [0.25, 0.3) is 5.91 Å². The van der Waals surface area contributed by atoms with Crippen molar-refractivity contribution in [2.45, 2.75) is 13.5 Å². The van der Waals surface area contributed by atoms with Crippen LogP contribution in [0, 0.1) is 0 Å². The van der Waals surface area contributed by atoms with E-state index in [-0.39, 0.29) is 5.91 Å². The highest BCUT2D eigenvalue weighted by Crippen LogP contribution is 2.28. The Kier molecular flexibility index (Phi) is 6.00. The van der Waals surface area contributed by atoms with Crippen LogP contribution in [0.5, 0.6) is 11.5 Å². The topological polar surface area (TPSA) is 81.9 Å². The molecule has 0 fully saturated rings. The summed E-state index contributed by atoms with van der Waals surface area (Å²) in [5, 5.41) is 0. The van der Waals surface area contributed by atoms with Gasteiger partial charge >= 0.3 is 0 Å². The first-order valence-corrected chi connectivity index (χ1v) is 7.90. The van der Waals surface area contributed by atoms with Gasteiger partial charge in [0.15, 0.2) is 11.5 Å². The van der Waals surface area contributed by atoms with Gasteiger partial charge in [-0.25, -0.2) is 0 Å². The van der Waals surface area contributed by atoms with Crippen molar-refractivity contribution in [2.75, 3.05) is 20.8 Å². The molecule has 0 bridgehead atoms. The van der Waals surface area contributed by atoms with E-state index in [9.17, 15) is 9.59 Å². The minimum Gasteiger partial charge on any atom is -0.493 e. The third-order valence-corrected chi connectivity index (χ3v) is 3.91. The zero-order valence-corrected chi connectivity index (χ0v) is 14.6. The second-order valence-electron chi connectivity index (χ2n) is 5.45. The van der Waals surface area contributed by atoms with Gasteiger partial charge in [0.1, 0.15) is 0 Å². The zero-order valence-electron chi connectivity index (χ0n) is 14.6. The third kappa shape index (κ3) is 4.29. The summed E-state index contributed by atoms with van der Waals surface area (Å²) < 4.78 is 10.5. The lowest BCUT2D eigenvalue weighted by Crippen LogP contribution is -2.30. The summed E-state index contributed by atoms with van der Waals surface area (Å²) in [6.07, 6.45) is 0. The molecule has 132 valence electrons. The Morgan fingerprint density at radius 1 is 0.960 bits per heavy atom. The maximum Gasteiger partial charge on any atom is 0.254 e. The average molecular weight is 342 g/mol. The number of carbonyl (C=O) groups is 2. The fraction of sp³-hybridized carbons (Fsp3) is 0.263. The summed E-state index contributed by atoms with van der Waals surface area (Å²) in [6, 6.07) is 11.9. The summed E-state index contributed by atoms with van der Waals surface area (Å²) in [5.74, 6) is 0.627. The second-order valence-corrected chi connectivity index (χ2v) is 5.45. The summed E-state index contributed by atoms with van der Waals surface area (Å²) in [4.78, 5) is 25.5. The molecule has 0 aliphatic heterocycles.